The summed E-state index contributed by atoms with van der Waals surface area (Å²) in [5.41, 5.74) is 0. The molecule has 0 aliphatic heterocycles. The van der Waals surface area contributed by atoms with Gasteiger partial charge in [0, 0.05) is 6.42 Å². The summed E-state index contributed by atoms with van der Waals surface area (Å²) in [5.74, 6) is -0.671. The Balaban J connectivity index is 3.16. The molecule has 0 saturated heterocycles. The first-order chi connectivity index (χ1) is 11.2. The number of unbranched alkanes of at least 4 members (excludes halogenated alkanes) is 11. The highest BCUT2D eigenvalue weighted by molar-refractivity contribution is 5.66. The highest BCUT2D eigenvalue weighted by atomic mass is 16.4. The van der Waals surface area contributed by atoms with E-state index in [-0.39, 0.29) is 6.10 Å². The molecule has 0 saturated carbocycles. The highest BCUT2D eigenvalue weighted by Gasteiger charge is 1.98. The third kappa shape index (κ3) is 19.1. The van der Waals surface area contributed by atoms with Crippen LogP contribution in [0.25, 0.3) is 0 Å². The third-order valence-corrected chi connectivity index (χ3v) is 4.22. The Bertz CT molecular complexity index is 287. The lowest BCUT2D eigenvalue weighted by molar-refractivity contribution is -0.137. The largest absolute Gasteiger partial charge is 0.481 e. The summed E-state index contributed by atoms with van der Waals surface area (Å²) in [6.45, 7) is 2.15. The zero-order valence-corrected chi connectivity index (χ0v) is 15.1. The molecule has 0 unspecified atom stereocenters. The van der Waals surface area contributed by atoms with Crippen molar-refractivity contribution in [3.8, 4) is 0 Å². The molecule has 136 valence electrons. The van der Waals surface area contributed by atoms with Crippen molar-refractivity contribution in [3.05, 3.63) is 12.2 Å². The van der Waals surface area contributed by atoms with Crippen LogP contribution in [-0.4, -0.2) is 22.3 Å². The smallest absolute Gasteiger partial charge is 0.303 e. The Hall–Kier alpha value is -0.830. The average molecular weight is 327 g/mol. The topological polar surface area (TPSA) is 57.5 Å². The molecule has 0 aliphatic rings. The molecular formula is C20H38O3. The van der Waals surface area contributed by atoms with Gasteiger partial charge in [0.2, 0.25) is 0 Å². The summed E-state index contributed by atoms with van der Waals surface area (Å²) in [4.78, 5) is 10.4. The van der Waals surface area contributed by atoms with Crippen LogP contribution >= 0.6 is 0 Å². The van der Waals surface area contributed by atoms with Gasteiger partial charge in [-0.25, -0.2) is 0 Å². The summed E-state index contributed by atoms with van der Waals surface area (Å²) < 4.78 is 0. The van der Waals surface area contributed by atoms with E-state index in [4.69, 9.17) is 5.11 Å². The molecule has 0 aromatic heterocycles. The monoisotopic (exact) mass is 326 g/mol. The van der Waals surface area contributed by atoms with Gasteiger partial charge in [-0.15, -0.1) is 0 Å². The van der Waals surface area contributed by atoms with Gasteiger partial charge in [0.05, 0.1) is 6.10 Å². The lowest BCUT2D eigenvalue weighted by Crippen LogP contribution is -2.00. The number of rotatable bonds is 17. The van der Waals surface area contributed by atoms with Crippen molar-refractivity contribution >= 4 is 5.97 Å². The van der Waals surface area contributed by atoms with Crippen LogP contribution in [0.15, 0.2) is 12.2 Å². The number of carbonyl (C=O) groups is 1. The molecule has 0 rings (SSSR count). The molecule has 0 aromatic carbocycles. The summed E-state index contributed by atoms with van der Waals surface area (Å²) in [7, 11) is 0. The molecule has 0 aliphatic carbocycles. The van der Waals surface area contributed by atoms with Crippen LogP contribution in [0.5, 0.6) is 0 Å². The average Bonchev–Trinajstić information content (AvgIpc) is 2.52. The Morgan fingerprint density at radius 1 is 0.870 bits per heavy atom. The van der Waals surface area contributed by atoms with Crippen molar-refractivity contribution in [2.45, 2.75) is 109 Å². The molecule has 3 heteroatoms. The maximum atomic E-state index is 10.4. The number of aliphatic hydroxyl groups excluding tert-OH is 1. The number of aliphatic carboxylic acids is 1. The van der Waals surface area contributed by atoms with Gasteiger partial charge in [0.25, 0.3) is 0 Å². The molecular weight excluding hydrogens is 288 g/mol. The quantitative estimate of drug-likeness (QED) is 0.260. The van der Waals surface area contributed by atoms with Crippen LogP contribution < -0.4 is 0 Å². The molecule has 0 fully saturated rings. The molecule has 23 heavy (non-hydrogen) atoms. The molecule has 3 nitrogen and oxygen atoms in total. The van der Waals surface area contributed by atoms with Crippen LogP contribution in [0.4, 0.5) is 0 Å². The van der Waals surface area contributed by atoms with Gasteiger partial charge in [0.15, 0.2) is 0 Å². The van der Waals surface area contributed by atoms with Crippen molar-refractivity contribution in [1.82, 2.24) is 0 Å². The SMILES string of the molecule is CCCC[C@@H](O)C=CCCCCCCCCCCCCC(=O)O. The second-order valence-corrected chi connectivity index (χ2v) is 6.61. The standard InChI is InChI=1S/C20H38O3/c1-2-3-16-19(21)17-14-12-10-8-6-4-5-7-9-11-13-15-18-20(22)23/h14,17,19,21H,2-13,15-16,18H2,1H3,(H,22,23)/t19-/m1/s1. The van der Waals surface area contributed by atoms with Crippen molar-refractivity contribution in [2.24, 2.45) is 0 Å². The molecule has 2 N–H and O–H groups in total. The lowest BCUT2D eigenvalue weighted by Gasteiger charge is -2.03. The number of carboxylic acids is 1. The lowest BCUT2D eigenvalue weighted by atomic mass is 10.0. The Labute approximate surface area is 143 Å². The van der Waals surface area contributed by atoms with Crippen LogP contribution in [0.3, 0.4) is 0 Å². The zero-order chi connectivity index (χ0) is 17.2. The van der Waals surface area contributed by atoms with E-state index in [0.717, 1.165) is 38.5 Å². The number of carboxylic acid groups (broad SMARTS) is 1. The fourth-order valence-electron chi connectivity index (χ4n) is 2.72. The first-order valence-corrected chi connectivity index (χ1v) is 9.73. The Morgan fingerprint density at radius 2 is 1.39 bits per heavy atom. The predicted octanol–water partition coefficient (Wildman–Crippen LogP) is 5.86. The van der Waals surface area contributed by atoms with E-state index in [1.54, 1.807) is 0 Å². The molecule has 0 amide bonds. The minimum absolute atomic E-state index is 0.245. The maximum Gasteiger partial charge on any atom is 0.303 e. The van der Waals surface area contributed by atoms with Gasteiger partial charge in [-0.05, 0) is 25.7 Å². The predicted molar refractivity (Wildman–Crippen MR) is 97.7 cm³/mol. The first kappa shape index (κ1) is 22.2. The fraction of sp³-hybridized carbons (Fsp3) is 0.850. The van der Waals surface area contributed by atoms with Gasteiger partial charge in [-0.1, -0.05) is 83.3 Å². The Kier molecular flexibility index (Phi) is 16.9. The summed E-state index contributed by atoms with van der Waals surface area (Å²) in [5, 5.41) is 18.2. The number of hydrogen-bond donors (Lipinski definition) is 2. The summed E-state index contributed by atoms with van der Waals surface area (Å²) >= 11 is 0. The summed E-state index contributed by atoms with van der Waals surface area (Å²) in [6.07, 6.45) is 20.5. The summed E-state index contributed by atoms with van der Waals surface area (Å²) in [6, 6.07) is 0. The van der Waals surface area contributed by atoms with E-state index in [9.17, 15) is 9.90 Å². The number of allylic oxidation sites excluding steroid dienone is 1. The number of aliphatic hydroxyl groups is 1. The molecule has 0 spiro atoms. The maximum absolute atomic E-state index is 10.4. The third-order valence-electron chi connectivity index (χ3n) is 4.22. The second kappa shape index (κ2) is 17.5. The first-order valence-electron chi connectivity index (χ1n) is 9.73. The number of hydrogen-bond acceptors (Lipinski definition) is 2. The molecule has 0 radical (unpaired) electrons. The Morgan fingerprint density at radius 3 is 1.91 bits per heavy atom. The minimum atomic E-state index is -0.671. The van der Waals surface area contributed by atoms with Crippen molar-refractivity contribution in [1.29, 1.82) is 0 Å². The highest BCUT2D eigenvalue weighted by Crippen LogP contribution is 2.12. The van der Waals surface area contributed by atoms with E-state index in [1.165, 1.54) is 51.4 Å². The van der Waals surface area contributed by atoms with E-state index >= 15 is 0 Å². The van der Waals surface area contributed by atoms with Gasteiger partial charge in [-0.2, -0.15) is 0 Å². The van der Waals surface area contributed by atoms with Crippen LogP contribution in [0.1, 0.15) is 103 Å². The normalized spacial score (nSPS) is 12.8. The minimum Gasteiger partial charge on any atom is -0.481 e. The van der Waals surface area contributed by atoms with Crippen LogP contribution in [-0.2, 0) is 4.79 Å². The van der Waals surface area contributed by atoms with Gasteiger partial charge in [0.1, 0.15) is 0 Å². The molecule has 0 heterocycles. The fourth-order valence-corrected chi connectivity index (χ4v) is 2.72. The van der Waals surface area contributed by atoms with E-state index in [1.807, 2.05) is 6.08 Å². The second-order valence-electron chi connectivity index (χ2n) is 6.61. The van der Waals surface area contributed by atoms with E-state index in [2.05, 4.69) is 13.0 Å². The van der Waals surface area contributed by atoms with Gasteiger partial charge >= 0.3 is 5.97 Å². The zero-order valence-electron chi connectivity index (χ0n) is 15.1. The molecule has 0 bridgehead atoms. The van der Waals surface area contributed by atoms with Crippen LogP contribution in [0, 0.1) is 0 Å². The van der Waals surface area contributed by atoms with E-state index < -0.39 is 5.97 Å². The van der Waals surface area contributed by atoms with E-state index in [0.29, 0.717) is 6.42 Å². The van der Waals surface area contributed by atoms with Gasteiger partial charge < -0.3 is 10.2 Å². The van der Waals surface area contributed by atoms with Crippen molar-refractivity contribution in [3.63, 3.8) is 0 Å². The van der Waals surface area contributed by atoms with Crippen molar-refractivity contribution in [2.75, 3.05) is 0 Å². The van der Waals surface area contributed by atoms with Crippen LogP contribution in [0.2, 0.25) is 0 Å². The van der Waals surface area contributed by atoms with Gasteiger partial charge in [-0.3, -0.25) is 4.79 Å². The van der Waals surface area contributed by atoms with Crippen molar-refractivity contribution < 1.29 is 15.0 Å². The molecule has 0 aromatic rings. The molecule has 1 atom stereocenters.